The zero-order valence-corrected chi connectivity index (χ0v) is 18.7. The summed E-state index contributed by atoms with van der Waals surface area (Å²) in [6.45, 7) is 0. The summed E-state index contributed by atoms with van der Waals surface area (Å²) in [4.78, 5) is 14.3. The van der Waals surface area contributed by atoms with Crippen molar-refractivity contribution in [1.29, 1.82) is 0 Å². The number of nitrogens with two attached hydrogens (primary N) is 1. The van der Waals surface area contributed by atoms with Crippen molar-refractivity contribution >= 4 is 40.1 Å². The van der Waals surface area contributed by atoms with Gasteiger partial charge in [0.15, 0.2) is 5.82 Å². The van der Waals surface area contributed by atoms with Crippen molar-refractivity contribution in [3.63, 3.8) is 0 Å². The molecule has 2 heterocycles. The zero-order valence-electron chi connectivity index (χ0n) is 17.1. The molecule has 31 heavy (non-hydrogen) atoms. The van der Waals surface area contributed by atoms with E-state index in [-0.39, 0.29) is 0 Å². The Labute approximate surface area is 191 Å². The van der Waals surface area contributed by atoms with Crippen LogP contribution in [0.25, 0.3) is 33.4 Å². The highest BCUT2D eigenvalue weighted by molar-refractivity contribution is 8.00. The Morgan fingerprint density at radius 3 is 2.45 bits per heavy atom. The summed E-state index contributed by atoms with van der Waals surface area (Å²) in [6, 6.07) is 18.0. The van der Waals surface area contributed by atoms with Crippen LogP contribution in [0.2, 0.25) is 5.02 Å². The van der Waals surface area contributed by atoms with Crippen molar-refractivity contribution in [3.05, 3.63) is 65.8 Å². The van der Waals surface area contributed by atoms with E-state index >= 15 is 0 Å². The van der Waals surface area contributed by atoms with Crippen molar-refractivity contribution < 1.29 is 0 Å². The number of hydrogen-bond donors (Lipinski definition) is 1. The van der Waals surface area contributed by atoms with Crippen molar-refractivity contribution in [2.24, 2.45) is 0 Å². The van der Waals surface area contributed by atoms with Crippen LogP contribution in [0.15, 0.2) is 65.8 Å². The zero-order chi connectivity index (χ0) is 21.2. The number of fused-ring (bicyclic) bond motifs is 1. The second-order valence-electron chi connectivity index (χ2n) is 7.89. The number of nitrogens with zero attached hydrogens (tertiary/aromatic N) is 3. The van der Waals surface area contributed by atoms with Gasteiger partial charge in [-0.25, -0.2) is 9.97 Å². The van der Waals surface area contributed by atoms with E-state index in [0.717, 1.165) is 38.4 Å². The molecule has 1 saturated carbocycles. The third kappa shape index (κ3) is 4.25. The van der Waals surface area contributed by atoms with Gasteiger partial charge >= 0.3 is 0 Å². The van der Waals surface area contributed by atoms with Crippen LogP contribution < -0.4 is 5.73 Å². The van der Waals surface area contributed by atoms with Crippen LogP contribution in [-0.2, 0) is 0 Å². The van der Waals surface area contributed by atoms with Gasteiger partial charge in [0.1, 0.15) is 5.03 Å². The van der Waals surface area contributed by atoms with E-state index < -0.39 is 0 Å². The molecule has 0 aliphatic heterocycles. The second-order valence-corrected chi connectivity index (χ2v) is 9.58. The molecule has 0 amide bonds. The summed E-state index contributed by atoms with van der Waals surface area (Å²) in [6.07, 6.45) is 8.02. The van der Waals surface area contributed by atoms with Crippen LogP contribution in [0.4, 0.5) is 5.82 Å². The number of rotatable bonds is 4. The molecule has 2 N–H and O–H groups in total. The maximum atomic E-state index is 6.60. The molecule has 4 aromatic rings. The van der Waals surface area contributed by atoms with Crippen molar-refractivity contribution in [3.8, 4) is 22.5 Å². The minimum Gasteiger partial charge on any atom is -0.381 e. The highest BCUT2D eigenvalue weighted by atomic mass is 35.5. The summed E-state index contributed by atoms with van der Waals surface area (Å²) in [5.74, 6) is 0.492. The van der Waals surface area contributed by atoms with Crippen molar-refractivity contribution in [1.82, 2.24) is 15.0 Å². The summed E-state index contributed by atoms with van der Waals surface area (Å²) >= 11 is 8.36. The fraction of sp³-hybridized carbons (Fsp3) is 0.240. The number of thioether (sulfide) groups is 1. The van der Waals surface area contributed by atoms with Gasteiger partial charge in [0, 0.05) is 28.0 Å². The monoisotopic (exact) mass is 446 g/mol. The lowest BCUT2D eigenvalue weighted by Gasteiger charge is -2.21. The number of hydrogen-bond acceptors (Lipinski definition) is 5. The molecular formula is C25H23ClN4S. The van der Waals surface area contributed by atoms with Crippen LogP contribution in [0.5, 0.6) is 0 Å². The van der Waals surface area contributed by atoms with Gasteiger partial charge in [-0.3, -0.25) is 4.98 Å². The number of anilines is 1. The SMILES string of the molecule is Nc1nc(-c2ccccc2)c(-c2cc(Cl)c3ncccc3c2)nc1SC1CCCCC1. The lowest BCUT2D eigenvalue weighted by Crippen LogP contribution is -2.10. The standard InChI is InChI=1S/C25H23ClN4S/c26-20-15-18(14-17-10-7-13-28-21(17)20)23-22(16-8-3-1-4-9-16)29-24(27)25(30-23)31-19-11-5-2-6-12-19/h1,3-4,7-10,13-15,19H,2,5-6,11-12H2,(H2,27,29). The van der Waals surface area contributed by atoms with Crippen LogP contribution in [0.3, 0.4) is 0 Å². The van der Waals surface area contributed by atoms with E-state index in [0.29, 0.717) is 16.1 Å². The van der Waals surface area contributed by atoms with Crippen molar-refractivity contribution in [2.75, 3.05) is 5.73 Å². The van der Waals surface area contributed by atoms with Gasteiger partial charge in [-0.1, -0.05) is 79.0 Å². The van der Waals surface area contributed by atoms with Crippen LogP contribution >= 0.6 is 23.4 Å². The van der Waals surface area contributed by atoms with E-state index in [1.54, 1.807) is 18.0 Å². The number of nitrogen functional groups attached to an aromatic ring is 1. The molecular weight excluding hydrogens is 424 g/mol. The Hall–Kier alpha value is -2.63. The van der Waals surface area contributed by atoms with E-state index in [2.05, 4.69) is 11.1 Å². The molecule has 2 aromatic carbocycles. The molecule has 2 aromatic heterocycles. The summed E-state index contributed by atoms with van der Waals surface area (Å²) in [7, 11) is 0. The Balaban J connectivity index is 1.67. The normalized spacial score (nSPS) is 14.7. The summed E-state index contributed by atoms with van der Waals surface area (Å²) in [5, 5.41) is 2.94. The maximum absolute atomic E-state index is 6.60. The predicted octanol–water partition coefficient (Wildman–Crippen LogP) is 7.02. The molecule has 0 bridgehead atoms. The molecule has 0 atom stereocenters. The first-order valence-electron chi connectivity index (χ1n) is 10.6. The largest absolute Gasteiger partial charge is 0.381 e. The molecule has 6 heteroatoms. The van der Waals surface area contributed by atoms with Gasteiger partial charge < -0.3 is 5.73 Å². The average Bonchev–Trinajstić information content (AvgIpc) is 2.81. The third-order valence-electron chi connectivity index (χ3n) is 5.70. The molecule has 156 valence electrons. The van der Waals surface area contributed by atoms with E-state index in [9.17, 15) is 0 Å². The number of halogens is 1. The molecule has 1 aliphatic carbocycles. The van der Waals surface area contributed by atoms with E-state index in [1.165, 1.54) is 32.1 Å². The first kappa shape index (κ1) is 20.3. The fourth-order valence-electron chi connectivity index (χ4n) is 4.14. The number of aromatic nitrogens is 3. The molecule has 1 fully saturated rings. The average molecular weight is 447 g/mol. The molecule has 0 radical (unpaired) electrons. The molecule has 0 saturated heterocycles. The maximum Gasteiger partial charge on any atom is 0.156 e. The molecule has 1 aliphatic rings. The Morgan fingerprint density at radius 2 is 1.65 bits per heavy atom. The first-order chi connectivity index (χ1) is 15.2. The van der Waals surface area contributed by atoms with Gasteiger partial charge in [0.2, 0.25) is 0 Å². The quantitative estimate of drug-likeness (QED) is 0.365. The van der Waals surface area contributed by atoms with Gasteiger partial charge in [0.25, 0.3) is 0 Å². The summed E-state index contributed by atoms with van der Waals surface area (Å²) in [5.41, 5.74) is 10.7. The van der Waals surface area contributed by atoms with Crippen molar-refractivity contribution in [2.45, 2.75) is 42.4 Å². The lowest BCUT2D eigenvalue weighted by molar-refractivity contribution is 0.516. The van der Waals surface area contributed by atoms with Crippen LogP contribution in [0, 0.1) is 0 Å². The van der Waals surface area contributed by atoms with E-state index in [1.807, 2.05) is 48.5 Å². The van der Waals surface area contributed by atoms with Gasteiger partial charge in [-0.2, -0.15) is 0 Å². The highest BCUT2D eigenvalue weighted by Crippen LogP contribution is 2.39. The molecule has 4 nitrogen and oxygen atoms in total. The highest BCUT2D eigenvalue weighted by Gasteiger charge is 2.21. The molecule has 0 unspecified atom stereocenters. The predicted molar refractivity (Wildman–Crippen MR) is 130 cm³/mol. The number of pyridine rings is 1. The van der Waals surface area contributed by atoms with Crippen LogP contribution in [-0.4, -0.2) is 20.2 Å². The molecule has 0 spiro atoms. The second kappa shape index (κ2) is 8.85. The minimum atomic E-state index is 0.492. The topological polar surface area (TPSA) is 64.7 Å². The Bertz CT molecular complexity index is 1220. The Morgan fingerprint density at radius 1 is 0.871 bits per heavy atom. The lowest BCUT2D eigenvalue weighted by atomic mass is 10.0. The van der Waals surface area contributed by atoms with Gasteiger partial charge in [-0.05, 0) is 31.0 Å². The minimum absolute atomic E-state index is 0.492. The third-order valence-corrected chi connectivity index (χ3v) is 7.32. The number of benzene rings is 2. The van der Waals surface area contributed by atoms with Crippen LogP contribution in [0.1, 0.15) is 32.1 Å². The summed E-state index contributed by atoms with van der Waals surface area (Å²) < 4.78 is 0. The fourth-order valence-corrected chi connectivity index (χ4v) is 5.61. The van der Waals surface area contributed by atoms with Gasteiger partial charge in [0.05, 0.1) is 21.9 Å². The van der Waals surface area contributed by atoms with Gasteiger partial charge in [-0.15, -0.1) is 0 Å². The molecule has 5 rings (SSSR count). The Kier molecular flexibility index (Phi) is 5.79. The smallest absolute Gasteiger partial charge is 0.156 e. The first-order valence-corrected chi connectivity index (χ1v) is 11.9. The van der Waals surface area contributed by atoms with E-state index in [4.69, 9.17) is 27.3 Å².